The zero-order chi connectivity index (χ0) is 15.0. The summed E-state index contributed by atoms with van der Waals surface area (Å²) in [4.78, 5) is 17.3. The van der Waals surface area contributed by atoms with E-state index in [0.29, 0.717) is 18.2 Å². The molecule has 1 aliphatic carbocycles. The van der Waals surface area contributed by atoms with E-state index in [1.165, 1.54) is 9.75 Å². The molecule has 1 aromatic carbocycles. The molecule has 0 spiro atoms. The molecule has 3 nitrogen and oxygen atoms in total. The molecule has 2 aromatic rings. The van der Waals surface area contributed by atoms with Crippen LogP contribution >= 0.6 is 11.3 Å². The zero-order valence-electron chi connectivity index (χ0n) is 12.3. The van der Waals surface area contributed by atoms with Gasteiger partial charge >= 0.3 is 0 Å². The van der Waals surface area contributed by atoms with Crippen molar-refractivity contribution in [3.05, 3.63) is 51.2 Å². The van der Waals surface area contributed by atoms with Gasteiger partial charge in [-0.05, 0) is 56.5 Å². The van der Waals surface area contributed by atoms with Crippen LogP contribution in [-0.2, 0) is 6.54 Å². The van der Waals surface area contributed by atoms with Crippen molar-refractivity contribution in [2.24, 2.45) is 0 Å². The Bertz CT molecular complexity index is 673. The molecule has 1 saturated carbocycles. The third kappa shape index (κ3) is 3.10. The van der Waals surface area contributed by atoms with E-state index in [1.807, 2.05) is 11.8 Å². The second-order valence-electron chi connectivity index (χ2n) is 5.68. The average Bonchev–Trinajstić information content (AvgIpc) is 3.21. The minimum absolute atomic E-state index is 0.0250. The van der Waals surface area contributed by atoms with Crippen LogP contribution in [-0.4, -0.2) is 22.0 Å². The monoisotopic (exact) mass is 301 g/mol. The Morgan fingerprint density at radius 3 is 2.67 bits per heavy atom. The van der Waals surface area contributed by atoms with Crippen molar-refractivity contribution in [2.75, 3.05) is 0 Å². The second-order valence-corrected chi connectivity index (χ2v) is 7.05. The van der Waals surface area contributed by atoms with Crippen molar-refractivity contribution in [1.29, 1.82) is 0 Å². The summed E-state index contributed by atoms with van der Waals surface area (Å²) in [5.74, 6) is 0.170. The van der Waals surface area contributed by atoms with Crippen molar-refractivity contribution >= 4 is 17.2 Å². The van der Waals surface area contributed by atoms with E-state index in [1.54, 1.807) is 29.5 Å². The maximum atomic E-state index is 12.8. The SMILES string of the molecule is Cc1ccc(CN(C(=O)c2cc(O)ccc2C)C2CC2)s1. The Labute approximate surface area is 128 Å². The van der Waals surface area contributed by atoms with Gasteiger partial charge in [0, 0.05) is 21.4 Å². The number of thiophene rings is 1. The van der Waals surface area contributed by atoms with E-state index in [0.717, 1.165) is 18.4 Å². The number of benzene rings is 1. The predicted octanol–water partition coefficient (Wildman–Crippen LogP) is 3.88. The van der Waals surface area contributed by atoms with Gasteiger partial charge in [-0.15, -0.1) is 11.3 Å². The second kappa shape index (κ2) is 5.53. The molecular formula is C17H19NO2S. The molecule has 0 unspecified atom stereocenters. The van der Waals surface area contributed by atoms with E-state index in [9.17, 15) is 9.90 Å². The molecule has 0 aliphatic heterocycles. The molecule has 3 rings (SSSR count). The van der Waals surface area contributed by atoms with Crippen LogP contribution in [0.15, 0.2) is 30.3 Å². The molecule has 1 aliphatic rings. The highest BCUT2D eigenvalue weighted by Crippen LogP contribution is 2.32. The van der Waals surface area contributed by atoms with E-state index in [2.05, 4.69) is 19.1 Å². The smallest absolute Gasteiger partial charge is 0.254 e. The number of phenolic OH excluding ortho intramolecular Hbond substituents is 1. The highest BCUT2D eigenvalue weighted by atomic mass is 32.1. The summed E-state index contributed by atoms with van der Waals surface area (Å²) in [5.41, 5.74) is 1.51. The predicted molar refractivity (Wildman–Crippen MR) is 84.8 cm³/mol. The fourth-order valence-corrected chi connectivity index (χ4v) is 3.38. The van der Waals surface area contributed by atoms with E-state index in [4.69, 9.17) is 0 Å². The summed E-state index contributed by atoms with van der Waals surface area (Å²) in [6.45, 7) is 4.65. The highest BCUT2D eigenvalue weighted by Gasteiger charge is 2.33. The van der Waals surface area contributed by atoms with Crippen molar-refractivity contribution in [3.63, 3.8) is 0 Å². The van der Waals surface area contributed by atoms with Crippen LogP contribution in [0.25, 0.3) is 0 Å². The van der Waals surface area contributed by atoms with Gasteiger partial charge in [-0.2, -0.15) is 0 Å². The summed E-state index contributed by atoms with van der Waals surface area (Å²) < 4.78 is 0. The molecule has 0 saturated heterocycles. The van der Waals surface area contributed by atoms with Gasteiger partial charge < -0.3 is 10.0 Å². The molecule has 1 amide bonds. The molecule has 110 valence electrons. The number of nitrogens with zero attached hydrogens (tertiary/aromatic N) is 1. The topological polar surface area (TPSA) is 40.5 Å². The summed E-state index contributed by atoms with van der Waals surface area (Å²) in [5, 5.41) is 9.65. The van der Waals surface area contributed by atoms with Crippen LogP contribution in [0.2, 0.25) is 0 Å². The molecule has 1 fully saturated rings. The van der Waals surface area contributed by atoms with Crippen molar-refractivity contribution in [3.8, 4) is 5.75 Å². The van der Waals surface area contributed by atoms with Crippen LogP contribution in [0.1, 0.15) is 38.5 Å². The number of carbonyl (C=O) groups excluding carboxylic acids is 1. The summed E-state index contributed by atoms with van der Waals surface area (Å²) in [6, 6.07) is 9.53. The number of amides is 1. The highest BCUT2D eigenvalue weighted by molar-refractivity contribution is 7.11. The number of aromatic hydroxyl groups is 1. The molecule has 0 radical (unpaired) electrons. The van der Waals surface area contributed by atoms with Crippen LogP contribution in [0.3, 0.4) is 0 Å². The molecular weight excluding hydrogens is 282 g/mol. The fraction of sp³-hybridized carbons (Fsp3) is 0.353. The quantitative estimate of drug-likeness (QED) is 0.931. The first kappa shape index (κ1) is 14.1. The van der Waals surface area contributed by atoms with Crippen LogP contribution < -0.4 is 0 Å². The first-order valence-corrected chi connectivity index (χ1v) is 8.02. The van der Waals surface area contributed by atoms with Crippen LogP contribution in [0.5, 0.6) is 5.75 Å². The average molecular weight is 301 g/mol. The lowest BCUT2D eigenvalue weighted by Crippen LogP contribution is -2.32. The Morgan fingerprint density at radius 2 is 2.05 bits per heavy atom. The molecule has 21 heavy (non-hydrogen) atoms. The lowest BCUT2D eigenvalue weighted by Gasteiger charge is -2.23. The summed E-state index contributed by atoms with van der Waals surface area (Å²) in [7, 11) is 0. The van der Waals surface area contributed by atoms with Gasteiger partial charge in [0.15, 0.2) is 0 Å². The van der Waals surface area contributed by atoms with Crippen molar-refractivity contribution < 1.29 is 9.90 Å². The van der Waals surface area contributed by atoms with Gasteiger partial charge in [0.2, 0.25) is 0 Å². The molecule has 1 N–H and O–H groups in total. The number of carbonyl (C=O) groups is 1. The largest absolute Gasteiger partial charge is 0.508 e. The van der Waals surface area contributed by atoms with Crippen molar-refractivity contribution in [2.45, 2.75) is 39.3 Å². The van der Waals surface area contributed by atoms with Gasteiger partial charge in [-0.25, -0.2) is 0 Å². The Hall–Kier alpha value is -1.81. The fourth-order valence-electron chi connectivity index (χ4n) is 2.49. The maximum Gasteiger partial charge on any atom is 0.254 e. The molecule has 4 heteroatoms. The Balaban J connectivity index is 1.86. The van der Waals surface area contributed by atoms with Gasteiger partial charge in [0.1, 0.15) is 5.75 Å². The molecule has 0 bridgehead atoms. The standard InChI is InChI=1S/C17H19NO2S/c1-11-3-7-14(19)9-16(11)17(20)18(13-5-6-13)10-15-8-4-12(2)21-15/h3-4,7-9,13,19H,5-6,10H2,1-2H3. The minimum atomic E-state index is 0.0250. The first-order valence-electron chi connectivity index (χ1n) is 7.20. The molecule has 0 atom stereocenters. The zero-order valence-corrected chi connectivity index (χ0v) is 13.1. The van der Waals surface area contributed by atoms with Gasteiger partial charge in [0.25, 0.3) is 5.91 Å². The number of hydrogen-bond acceptors (Lipinski definition) is 3. The maximum absolute atomic E-state index is 12.8. The minimum Gasteiger partial charge on any atom is -0.508 e. The number of aryl methyl sites for hydroxylation is 2. The van der Waals surface area contributed by atoms with Crippen LogP contribution in [0.4, 0.5) is 0 Å². The molecule has 1 heterocycles. The van der Waals surface area contributed by atoms with E-state index < -0.39 is 0 Å². The van der Waals surface area contributed by atoms with Crippen LogP contribution in [0, 0.1) is 13.8 Å². The van der Waals surface area contributed by atoms with E-state index >= 15 is 0 Å². The summed E-state index contributed by atoms with van der Waals surface area (Å²) in [6.07, 6.45) is 2.15. The van der Waals surface area contributed by atoms with Gasteiger partial charge in [-0.1, -0.05) is 6.07 Å². The Kier molecular flexibility index (Phi) is 3.72. The Morgan fingerprint density at radius 1 is 1.29 bits per heavy atom. The number of hydrogen-bond donors (Lipinski definition) is 1. The van der Waals surface area contributed by atoms with Crippen molar-refractivity contribution in [1.82, 2.24) is 4.90 Å². The number of phenols is 1. The first-order chi connectivity index (χ1) is 10.0. The molecule has 1 aromatic heterocycles. The third-order valence-corrected chi connectivity index (χ3v) is 4.81. The lowest BCUT2D eigenvalue weighted by atomic mass is 10.1. The lowest BCUT2D eigenvalue weighted by molar-refractivity contribution is 0.0730. The third-order valence-electron chi connectivity index (χ3n) is 3.82. The van der Waals surface area contributed by atoms with Gasteiger partial charge in [0.05, 0.1) is 6.54 Å². The number of rotatable bonds is 4. The summed E-state index contributed by atoms with van der Waals surface area (Å²) >= 11 is 1.74. The normalized spacial score (nSPS) is 14.2. The van der Waals surface area contributed by atoms with Gasteiger partial charge in [-0.3, -0.25) is 4.79 Å². The van der Waals surface area contributed by atoms with E-state index in [-0.39, 0.29) is 11.7 Å².